The van der Waals surface area contributed by atoms with Gasteiger partial charge in [0.05, 0.1) is 32.8 Å². The monoisotopic (exact) mass is 800 g/mol. The van der Waals surface area contributed by atoms with Gasteiger partial charge in [-0.2, -0.15) is 0 Å². The minimum atomic E-state index is -0.313. The van der Waals surface area contributed by atoms with Gasteiger partial charge in [-0.3, -0.25) is 0 Å². The van der Waals surface area contributed by atoms with Crippen LogP contribution >= 0.6 is 15.9 Å². The first-order valence-corrected chi connectivity index (χ1v) is 19.4. The molecule has 0 saturated carbocycles. The first kappa shape index (κ1) is 33.1. The molecule has 0 unspecified atom stereocenters. The SMILES string of the molecule is O=c1oc2ccccc2c2cc3c4cc(Br)ccc4n(-c4ccccc4)c3cc12.O=c1oc2ccccc2c2cc3c4ccccc4n(-c4ccccc4)c3cc12. The second-order valence-corrected chi connectivity index (χ2v) is 15.0. The highest BCUT2D eigenvalue weighted by Crippen LogP contribution is 2.38. The topological polar surface area (TPSA) is 70.3 Å². The van der Waals surface area contributed by atoms with Crippen molar-refractivity contribution in [3.63, 3.8) is 0 Å². The molecule has 0 bridgehead atoms. The molecule has 4 heterocycles. The molecule has 0 atom stereocenters. The fourth-order valence-electron chi connectivity index (χ4n) is 8.41. The van der Waals surface area contributed by atoms with Gasteiger partial charge in [0.15, 0.2) is 0 Å². The fraction of sp³-hybridized carbons (Fsp3) is 0. The van der Waals surface area contributed by atoms with E-state index in [4.69, 9.17) is 8.83 Å². The van der Waals surface area contributed by atoms with Gasteiger partial charge in [0, 0.05) is 58.9 Å². The minimum Gasteiger partial charge on any atom is -0.422 e. The maximum absolute atomic E-state index is 12.8. The minimum absolute atomic E-state index is 0.305. The van der Waals surface area contributed by atoms with E-state index in [1.165, 1.54) is 5.39 Å². The molecule has 6 nitrogen and oxygen atoms in total. The van der Waals surface area contributed by atoms with Gasteiger partial charge < -0.3 is 18.0 Å². The number of nitrogens with zero attached hydrogens (tertiary/aromatic N) is 2. The summed E-state index contributed by atoms with van der Waals surface area (Å²) in [6.07, 6.45) is 0. The Balaban J connectivity index is 0.000000131. The molecule has 7 heteroatoms. The zero-order valence-electron chi connectivity index (χ0n) is 30.1. The highest BCUT2D eigenvalue weighted by Gasteiger charge is 2.18. The van der Waals surface area contributed by atoms with Crippen molar-refractivity contribution in [2.45, 2.75) is 0 Å². The first-order chi connectivity index (χ1) is 28.0. The average Bonchev–Trinajstić information content (AvgIpc) is 3.75. The third-order valence-electron chi connectivity index (χ3n) is 10.9. The van der Waals surface area contributed by atoms with Crippen LogP contribution in [0.3, 0.4) is 0 Å². The molecule has 0 radical (unpaired) electrons. The maximum Gasteiger partial charge on any atom is 0.344 e. The van der Waals surface area contributed by atoms with Crippen LogP contribution in [0.25, 0.3) is 98.5 Å². The third kappa shape index (κ3) is 5.24. The lowest BCUT2D eigenvalue weighted by atomic mass is 10.0. The summed E-state index contributed by atoms with van der Waals surface area (Å²) >= 11 is 3.61. The number of benzene rings is 8. The molecule has 0 fully saturated rings. The van der Waals surface area contributed by atoms with E-state index in [1.54, 1.807) is 0 Å². The highest BCUT2D eigenvalue weighted by molar-refractivity contribution is 9.10. The van der Waals surface area contributed by atoms with Crippen molar-refractivity contribution in [3.05, 3.63) is 201 Å². The second kappa shape index (κ2) is 12.9. The molecular formula is C50H29BrN2O4. The number of hydrogen-bond donors (Lipinski definition) is 0. The lowest BCUT2D eigenvalue weighted by Crippen LogP contribution is -2.00. The van der Waals surface area contributed by atoms with E-state index >= 15 is 0 Å². The Morgan fingerprint density at radius 2 is 0.754 bits per heavy atom. The Morgan fingerprint density at radius 3 is 1.30 bits per heavy atom. The summed E-state index contributed by atoms with van der Waals surface area (Å²) in [6.45, 7) is 0. The van der Waals surface area contributed by atoms with Crippen molar-refractivity contribution in [2.75, 3.05) is 0 Å². The molecule has 0 aliphatic carbocycles. The third-order valence-corrected chi connectivity index (χ3v) is 11.4. The van der Waals surface area contributed by atoms with Crippen LogP contribution in [0.2, 0.25) is 0 Å². The van der Waals surface area contributed by atoms with Crippen molar-refractivity contribution in [3.8, 4) is 11.4 Å². The standard InChI is InChI=1S/C25H14BrNO2.C25H15NO2/c26-15-10-11-22-19(12-15)20-13-18-17-8-4-5-9-24(17)29-25(28)21(18)14-23(20)27(22)16-6-2-1-3-7-16;27-25-21-15-23-20(14-19(21)18-11-5-7-13-24(18)28-25)17-10-4-6-12-22(17)26(23)16-8-2-1-3-9-16/h1-14H;1-15H. The van der Waals surface area contributed by atoms with Crippen molar-refractivity contribution in [1.82, 2.24) is 9.13 Å². The molecule has 57 heavy (non-hydrogen) atoms. The molecule has 0 aliphatic rings. The molecule has 12 rings (SSSR count). The van der Waals surface area contributed by atoms with Gasteiger partial charge in [0.25, 0.3) is 0 Å². The van der Waals surface area contributed by atoms with Crippen LogP contribution in [0.15, 0.2) is 199 Å². The maximum atomic E-state index is 12.8. The molecule has 0 saturated heterocycles. The number of halogens is 1. The zero-order valence-corrected chi connectivity index (χ0v) is 31.7. The summed E-state index contributed by atoms with van der Waals surface area (Å²) in [4.78, 5) is 25.5. The smallest absolute Gasteiger partial charge is 0.344 e. The fourth-order valence-corrected chi connectivity index (χ4v) is 8.77. The molecule has 0 amide bonds. The van der Waals surface area contributed by atoms with E-state index in [0.717, 1.165) is 75.6 Å². The summed E-state index contributed by atoms with van der Waals surface area (Å²) < 4.78 is 16.6. The summed E-state index contributed by atoms with van der Waals surface area (Å²) in [5.41, 5.74) is 6.93. The van der Waals surface area contributed by atoms with Gasteiger partial charge in [0.2, 0.25) is 0 Å². The van der Waals surface area contributed by atoms with E-state index in [9.17, 15) is 9.59 Å². The molecule has 4 aromatic heterocycles. The van der Waals surface area contributed by atoms with Gasteiger partial charge in [-0.1, -0.05) is 107 Å². The molecule has 0 spiro atoms. The normalized spacial score (nSPS) is 11.7. The Morgan fingerprint density at radius 1 is 0.333 bits per heavy atom. The number of rotatable bonds is 2. The predicted molar refractivity (Wildman–Crippen MR) is 236 cm³/mol. The van der Waals surface area contributed by atoms with Crippen LogP contribution in [0.5, 0.6) is 0 Å². The number of para-hydroxylation sites is 5. The van der Waals surface area contributed by atoms with Crippen LogP contribution in [-0.4, -0.2) is 9.13 Å². The largest absolute Gasteiger partial charge is 0.422 e. The highest BCUT2D eigenvalue weighted by atomic mass is 79.9. The molecule has 12 aromatic rings. The van der Waals surface area contributed by atoms with Crippen molar-refractivity contribution in [2.24, 2.45) is 0 Å². The zero-order chi connectivity index (χ0) is 38.2. The summed E-state index contributed by atoms with van der Waals surface area (Å²) in [5, 5.41) is 9.47. The predicted octanol–water partition coefficient (Wildman–Crippen LogP) is 12.8. The van der Waals surface area contributed by atoms with E-state index < -0.39 is 0 Å². The van der Waals surface area contributed by atoms with E-state index in [1.807, 2.05) is 109 Å². The van der Waals surface area contributed by atoms with Gasteiger partial charge in [0.1, 0.15) is 11.2 Å². The summed E-state index contributed by atoms with van der Waals surface area (Å²) in [6, 6.07) is 58.6. The molecule has 0 aliphatic heterocycles. The Labute approximate surface area is 332 Å². The van der Waals surface area contributed by atoms with Crippen molar-refractivity contribution >= 4 is 103 Å². The van der Waals surface area contributed by atoms with Gasteiger partial charge in [-0.15, -0.1) is 0 Å². The number of fused-ring (bicyclic) bond motifs is 12. The van der Waals surface area contributed by atoms with Gasteiger partial charge >= 0.3 is 11.3 Å². The Bertz CT molecular complexity index is 3690. The Hall–Kier alpha value is -7.22. The van der Waals surface area contributed by atoms with Gasteiger partial charge in [-0.05, 0) is 84.9 Å². The lowest BCUT2D eigenvalue weighted by molar-refractivity contribution is 0.569. The lowest BCUT2D eigenvalue weighted by Gasteiger charge is -2.08. The van der Waals surface area contributed by atoms with Gasteiger partial charge in [-0.25, -0.2) is 9.59 Å². The molecular weight excluding hydrogens is 772 g/mol. The summed E-state index contributed by atoms with van der Waals surface area (Å²) in [5.74, 6) is 0. The number of hydrogen-bond acceptors (Lipinski definition) is 4. The Kier molecular flexibility index (Phi) is 7.52. The van der Waals surface area contributed by atoms with Crippen LogP contribution in [0.4, 0.5) is 0 Å². The number of aromatic nitrogens is 2. The van der Waals surface area contributed by atoms with E-state index in [2.05, 4.69) is 91.8 Å². The van der Waals surface area contributed by atoms with Crippen LogP contribution in [0, 0.1) is 0 Å². The van der Waals surface area contributed by atoms with E-state index in [-0.39, 0.29) is 11.3 Å². The second-order valence-electron chi connectivity index (χ2n) is 14.1. The molecule has 270 valence electrons. The quantitative estimate of drug-likeness (QED) is 0.129. The van der Waals surface area contributed by atoms with Crippen LogP contribution in [0.1, 0.15) is 0 Å². The van der Waals surface area contributed by atoms with E-state index in [0.29, 0.717) is 21.9 Å². The molecule has 8 aromatic carbocycles. The van der Waals surface area contributed by atoms with Crippen molar-refractivity contribution < 1.29 is 8.83 Å². The first-order valence-electron chi connectivity index (χ1n) is 18.6. The molecule has 0 N–H and O–H groups in total. The van der Waals surface area contributed by atoms with Crippen LogP contribution < -0.4 is 11.3 Å². The average molecular weight is 802 g/mol. The summed E-state index contributed by atoms with van der Waals surface area (Å²) in [7, 11) is 0. The van der Waals surface area contributed by atoms with Crippen LogP contribution in [-0.2, 0) is 0 Å². The van der Waals surface area contributed by atoms with Crippen molar-refractivity contribution in [1.29, 1.82) is 0 Å².